The highest BCUT2D eigenvalue weighted by molar-refractivity contribution is 6.21. The number of benzene rings is 2. The first kappa shape index (κ1) is 25.1. The predicted molar refractivity (Wildman–Crippen MR) is 130 cm³/mol. The average molecular weight is 464 g/mol. The second kappa shape index (κ2) is 11.1. The molecule has 0 unspecified atom stereocenters. The van der Waals surface area contributed by atoms with Crippen molar-refractivity contribution in [3.8, 4) is 0 Å². The van der Waals surface area contributed by atoms with Crippen LogP contribution in [0.25, 0.3) is 0 Å². The van der Waals surface area contributed by atoms with Gasteiger partial charge >= 0.3 is 0 Å². The topological polar surface area (TPSA) is 86.8 Å². The van der Waals surface area contributed by atoms with E-state index in [2.05, 4.69) is 5.32 Å². The van der Waals surface area contributed by atoms with Crippen molar-refractivity contribution in [2.45, 2.75) is 65.6 Å². The Bertz CT molecular complexity index is 1050. The Morgan fingerprint density at radius 2 is 1.65 bits per heavy atom. The van der Waals surface area contributed by atoms with Crippen molar-refractivity contribution in [3.05, 3.63) is 70.8 Å². The number of hydrogen-bond donors (Lipinski definition) is 1. The molecule has 7 nitrogen and oxygen atoms in total. The number of hydrogen-bond acceptors (Lipinski definition) is 4. The molecule has 34 heavy (non-hydrogen) atoms. The maximum absolute atomic E-state index is 13.2. The maximum atomic E-state index is 13.2. The maximum Gasteiger partial charge on any atom is 0.261 e. The summed E-state index contributed by atoms with van der Waals surface area (Å²) in [6, 6.07) is 13.9. The Balaban J connectivity index is 1.68. The van der Waals surface area contributed by atoms with Crippen molar-refractivity contribution in [1.82, 2.24) is 15.1 Å². The van der Waals surface area contributed by atoms with Gasteiger partial charge in [-0.15, -0.1) is 0 Å². The lowest BCUT2D eigenvalue weighted by atomic mass is 10.1. The van der Waals surface area contributed by atoms with E-state index in [1.54, 1.807) is 36.1 Å². The smallest absolute Gasteiger partial charge is 0.261 e. The minimum atomic E-state index is -0.652. The summed E-state index contributed by atoms with van der Waals surface area (Å²) in [5.74, 6) is -1.04. The highest BCUT2D eigenvalue weighted by Crippen LogP contribution is 2.23. The number of imide groups is 1. The molecule has 1 aliphatic rings. The lowest BCUT2D eigenvalue weighted by molar-refractivity contribution is -0.141. The van der Waals surface area contributed by atoms with Crippen LogP contribution in [0.4, 0.5) is 0 Å². The molecule has 2 aromatic carbocycles. The highest BCUT2D eigenvalue weighted by Gasteiger charge is 2.35. The molecule has 4 amide bonds. The van der Waals surface area contributed by atoms with Crippen LogP contribution in [0.15, 0.2) is 48.5 Å². The molecular formula is C27H33N3O4. The van der Waals surface area contributed by atoms with Gasteiger partial charge in [0.05, 0.1) is 11.1 Å². The zero-order valence-electron chi connectivity index (χ0n) is 20.3. The van der Waals surface area contributed by atoms with E-state index in [1.165, 1.54) is 4.90 Å². The summed E-state index contributed by atoms with van der Waals surface area (Å²) in [7, 11) is 0. The van der Waals surface area contributed by atoms with Crippen LogP contribution in [0.1, 0.15) is 71.9 Å². The number of amides is 4. The lowest BCUT2D eigenvalue weighted by Crippen LogP contribution is -2.49. The molecule has 3 rings (SSSR count). The molecule has 0 saturated carbocycles. The van der Waals surface area contributed by atoms with Gasteiger partial charge in [-0.3, -0.25) is 24.1 Å². The standard InChI is InChI=1S/C27H33N3O4/c1-5-19(3)28-25(32)20(4)30(17-21-11-8-10-18(2)16-21)24(31)14-9-15-29-26(33)22-12-6-7-13-23(22)27(29)34/h6-8,10-13,16,19-20H,5,9,14-15,17H2,1-4H3,(H,28,32)/t19-,20-/m1/s1. The van der Waals surface area contributed by atoms with Crippen LogP contribution >= 0.6 is 0 Å². The second-order valence-corrected chi connectivity index (χ2v) is 8.92. The molecule has 2 atom stereocenters. The molecule has 0 saturated heterocycles. The molecule has 1 N–H and O–H groups in total. The molecule has 2 aromatic rings. The third kappa shape index (κ3) is 5.71. The third-order valence-corrected chi connectivity index (χ3v) is 6.25. The molecule has 0 radical (unpaired) electrons. The van der Waals surface area contributed by atoms with Crippen molar-refractivity contribution in [3.63, 3.8) is 0 Å². The molecule has 0 aromatic heterocycles. The second-order valence-electron chi connectivity index (χ2n) is 8.92. The molecule has 1 aliphatic heterocycles. The van der Waals surface area contributed by atoms with Gasteiger partial charge in [0.15, 0.2) is 0 Å². The molecular weight excluding hydrogens is 430 g/mol. The fourth-order valence-corrected chi connectivity index (χ4v) is 4.03. The van der Waals surface area contributed by atoms with Gasteiger partial charge in [0.1, 0.15) is 6.04 Å². The van der Waals surface area contributed by atoms with Crippen LogP contribution < -0.4 is 5.32 Å². The van der Waals surface area contributed by atoms with Gasteiger partial charge < -0.3 is 10.2 Å². The van der Waals surface area contributed by atoms with Gasteiger partial charge in [0, 0.05) is 25.6 Å². The van der Waals surface area contributed by atoms with E-state index in [9.17, 15) is 19.2 Å². The van der Waals surface area contributed by atoms with Gasteiger partial charge in [0.25, 0.3) is 11.8 Å². The van der Waals surface area contributed by atoms with Gasteiger partial charge in [-0.1, -0.05) is 48.9 Å². The first-order chi connectivity index (χ1) is 16.2. The Morgan fingerprint density at radius 1 is 1.00 bits per heavy atom. The summed E-state index contributed by atoms with van der Waals surface area (Å²) >= 11 is 0. The van der Waals surface area contributed by atoms with E-state index >= 15 is 0 Å². The van der Waals surface area contributed by atoms with Gasteiger partial charge in [-0.2, -0.15) is 0 Å². The zero-order valence-corrected chi connectivity index (χ0v) is 20.3. The summed E-state index contributed by atoms with van der Waals surface area (Å²) < 4.78 is 0. The van der Waals surface area contributed by atoms with Crippen LogP contribution in [-0.4, -0.2) is 52.1 Å². The number of nitrogens with one attached hydrogen (secondary N) is 1. The quantitative estimate of drug-likeness (QED) is 0.545. The molecule has 0 spiro atoms. The minimum absolute atomic E-state index is 0.0136. The molecule has 1 heterocycles. The summed E-state index contributed by atoms with van der Waals surface area (Å²) in [5.41, 5.74) is 2.81. The monoisotopic (exact) mass is 463 g/mol. The van der Waals surface area contributed by atoms with Crippen molar-refractivity contribution >= 4 is 23.6 Å². The van der Waals surface area contributed by atoms with Crippen LogP contribution in [-0.2, 0) is 16.1 Å². The molecule has 0 bridgehead atoms. The zero-order chi connectivity index (χ0) is 24.8. The predicted octanol–water partition coefficient (Wildman–Crippen LogP) is 3.70. The molecule has 0 fully saturated rings. The average Bonchev–Trinajstić information content (AvgIpc) is 3.07. The Labute approximate surface area is 201 Å². The van der Waals surface area contributed by atoms with E-state index in [4.69, 9.17) is 0 Å². The summed E-state index contributed by atoms with van der Waals surface area (Å²) in [4.78, 5) is 54.0. The number of carbonyl (C=O) groups excluding carboxylic acids is 4. The van der Waals surface area contributed by atoms with E-state index < -0.39 is 6.04 Å². The third-order valence-electron chi connectivity index (χ3n) is 6.25. The Hall–Kier alpha value is -3.48. The normalized spacial score (nSPS) is 14.5. The Morgan fingerprint density at radius 3 is 2.24 bits per heavy atom. The van der Waals surface area contributed by atoms with Crippen LogP contribution in [0.2, 0.25) is 0 Å². The van der Waals surface area contributed by atoms with Gasteiger partial charge in [0.2, 0.25) is 11.8 Å². The van der Waals surface area contributed by atoms with Crippen molar-refractivity contribution < 1.29 is 19.2 Å². The minimum Gasteiger partial charge on any atom is -0.352 e. The summed E-state index contributed by atoms with van der Waals surface area (Å²) in [6.45, 7) is 8.10. The van der Waals surface area contributed by atoms with E-state index in [0.717, 1.165) is 17.5 Å². The van der Waals surface area contributed by atoms with E-state index in [-0.39, 0.29) is 42.6 Å². The SMILES string of the molecule is CC[C@@H](C)NC(=O)[C@@H](C)N(Cc1cccc(C)c1)C(=O)CCCN1C(=O)c2ccccc2C1=O. The lowest BCUT2D eigenvalue weighted by Gasteiger charge is -2.30. The van der Waals surface area contributed by atoms with Crippen molar-refractivity contribution in [1.29, 1.82) is 0 Å². The van der Waals surface area contributed by atoms with Crippen LogP contribution in [0.5, 0.6) is 0 Å². The van der Waals surface area contributed by atoms with Crippen molar-refractivity contribution in [2.75, 3.05) is 6.54 Å². The first-order valence-electron chi connectivity index (χ1n) is 11.8. The fraction of sp³-hybridized carbons (Fsp3) is 0.407. The Kier molecular flexibility index (Phi) is 8.21. The fourth-order valence-electron chi connectivity index (χ4n) is 4.03. The number of rotatable bonds is 10. The molecule has 180 valence electrons. The van der Waals surface area contributed by atoms with Crippen LogP contribution in [0, 0.1) is 6.92 Å². The van der Waals surface area contributed by atoms with Gasteiger partial charge in [-0.25, -0.2) is 0 Å². The summed E-state index contributed by atoms with van der Waals surface area (Å²) in [6.07, 6.45) is 1.25. The van der Waals surface area contributed by atoms with E-state index in [1.807, 2.05) is 45.0 Å². The van der Waals surface area contributed by atoms with Gasteiger partial charge in [-0.05, 0) is 51.3 Å². The van der Waals surface area contributed by atoms with E-state index in [0.29, 0.717) is 24.1 Å². The molecule has 0 aliphatic carbocycles. The highest BCUT2D eigenvalue weighted by atomic mass is 16.2. The number of aryl methyl sites for hydroxylation is 1. The first-order valence-corrected chi connectivity index (χ1v) is 11.8. The van der Waals surface area contributed by atoms with Crippen LogP contribution in [0.3, 0.4) is 0 Å². The summed E-state index contributed by atoms with van der Waals surface area (Å²) in [5, 5.41) is 2.95. The van der Waals surface area contributed by atoms with Crippen molar-refractivity contribution in [2.24, 2.45) is 0 Å². The molecule has 7 heteroatoms. The number of nitrogens with zero attached hydrogens (tertiary/aromatic N) is 2. The largest absolute Gasteiger partial charge is 0.352 e. The number of carbonyl (C=O) groups is 4. The number of fused-ring (bicyclic) bond motifs is 1.